The standard InChI is InChI=1S/C23H22N2O2/c1-2-16-24-23(27)20-12-5-6-13-21(20)25-22(26)15-14-18-10-7-9-17-8-3-4-11-19(17)18/h3-15H,2,16H2,1H3,(H,24,27)(H,25,26)/b15-14+. The van der Waals surface area contributed by atoms with Gasteiger partial charge in [-0.3, -0.25) is 9.59 Å². The van der Waals surface area contributed by atoms with Crippen molar-refractivity contribution in [3.63, 3.8) is 0 Å². The molecule has 0 spiro atoms. The van der Waals surface area contributed by atoms with E-state index in [-0.39, 0.29) is 11.8 Å². The summed E-state index contributed by atoms with van der Waals surface area (Å²) in [7, 11) is 0. The number of hydrogen-bond donors (Lipinski definition) is 2. The summed E-state index contributed by atoms with van der Waals surface area (Å²) in [5.41, 5.74) is 1.92. The van der Waals surface area contributed by atoms with Crippen LogP contribution in [0.4, 0.5) is 5.69 Å². The highest BCUT2D eigenvalue weighted by atomic mass is 16.2. The van der Waals surface area contributed by atoms with Gasteiger partial charge in [0.15, 0.2) is 0 Å². The molecule has 4 heteroatoms. The first-order valence-corrected chi connectivity index (χ1v) is 9.03. The van der Waals surface area contributed by atoms with Crippen molar-refractivity contribution in [1.29, 1.82) is 0 Å². The molecule has 0 saturated carbocycles. The lowest BCUT2D eigenvalue weighted by Gasteiger charge is -2.10. The average Bonchev–Trinajstić information content (AvgIpc) is 2.71. The van der Waals surface area contributed by atoms with Crippen LogP contribution < -0.4 is 10.6 Å². The van der Waals surface area contributed by atoms with Crippen LogP contribution >= 0.6 is 0 Å². The molecular weight excluding hydrogens is 336 g/mol. The molecule has 2 amide bonds. The molecule has 0 aliphatic heterocycles. The lowest BCUT2D eigenvalue weighted by molar-refractivity contribution is -0.111. The highest BCUT2D eigenvalue weighted by molar-refractivity contribution is 6.08. The molecule has 0 aromatic heterocycles. The van der Waals surface area contributed by atoms with Gasteiger partial charge in [-0.25, -0.2) is 0 Å². The summed E-state index contributed by atoms with van der Waals surface area (Å²) in [6, 6.07) is 21.0. The van der Waals surface area contributed by atoms with Gasteiger partial charge in [0.25, 0.3) is 5.91 Å². The maximum Gasteiger partial charge on any atom is 0.253 e. The molecule has 0 radical (unpaired) electrons. The number of amides is 2. The predicted octanol–water partition coefficient (Wildman–Crippen LogP) is 4.63. The Bertz CT molecular complexity index is 987. The predicted molar refractivity (Wildman–Crippen MR) is 111 cm³/mol. The van der Waals surface area contributed by atoms with Crippen LogP contribution in [0.3, 0.4) is 0 Å². The van der Waals surface area contributed by atoms with Gasteiger partial charge in [-0.1, -0.05) is 61.5 Å². The van der Waals surface area contributed by atoms with E-state index in [0.717, 1.165) is 22.8 Å². The quantitative estimate of drug-likeness (QED) is 0.631. The second-order valence-electron chi connectivity index (χ2n) is 6.19. The fourth-order valence-electron chi connectivity index (χ4n) is 2.86. The minimum absolute atomic E-state index is 0.189. The van der Waals surface area contributed by atoms with E-state index < -0.39 is 0 Å². The molecule has 0 atom stereocenters. The van der Waals surface area contributed by atoms with E-state index in [4.69, 9.17) is 0 Å². The average molecular weight is 358 g/mol. The number of fused-ring (bicyclic) bond motifs is 1. The van der Waals surface area contributed by atoms with Gasteiger partial charge in [-0.15, -0.1) is 0 Å². The van der Waals surface area contributed by atoms with Crippen LogP contribution in [0.2, 0.25) is 0 Å². The fourth-order valence-corrected chi connectivity index (χ4v) is 2.86. The zero-order chi connectivity index (χ0) is 19.1. The molecule has 0 heterocycles. The number of rotatable bonds is 6. The minimum Gasteiger partial charge on any atom is -0.352 e. The largest absolute Gasteiger partial charge is 0.352 e. The fraction of sp³-hybridized carbons (Fsp3) is 0.130. The molecule has 27 heavy (non-hydrogen) atoms. The number of carbonyl (C=O) groups is 2. The lowest BCUT2D eigenvalue weighted by atomic mass is 10.0. The van der Waals surface area contributed by atoms with E-state index in [1.807, 2.05) is 49.4 Å². The lowest BCUT2D eigenvalue weighted by Crippen LogP contribution is -2.25. The Balaban J connectivity index is 1.76. The number of anilines is 1. The summed E-state index contributed by atoms with van der Waals surface area (Å²) in [6.07, 6.45) is 4.13. The molecule has 3 aromatic rings. The third-order valence-corrected chi connectivity index (χ3v) is 4.20. The Labute approximate surface area is 158 Å². The van der Waals surface area contributed by atoms with Gasteiger partial charge in [0.1, 0.15) is 0 Å². The van der Waals surface area contributed by atoms with Gasteiger partial charge in [0, 0.05) is 12.6 Å². The first kappa shape index (κ1) is 18.4. The van der Waals surface area contributed by atoms with E-state index in [0.29, 0.717) is 17.8 Å². The van der Waals surface area contributed by atoms with Gasteiger partial charge in [-0.05, 0) is 41.0 Å². The van der Waals surface area contributed by atoms with Crippen molar-refractivity contribution < 1.29 is 9.59 Å². The molecular formula is C23H22N2O2. The van der Waals surface area contributed by atoms with Crippen molar-refractivity contribution in [1.82, 2.24) is 5.32 Å². The normalized spacial score (nSPS) is 10.9. The highest BCUT2D eigenvalue weighted by Crippen LogP contribution is 2.20. The third kappa shape index (κ3) is 4.61. The number of para-hydroxylation sites is 1. The molecule has 0 bridgehead atoms. The summed E-state index contributed by atoms with van der Waals surface area (Å²) in [6.45, 7) is 2.59. The van der Waals surface area contributed by atoms with E-state index in [9.17, 15) is 9.59 Å². The molecule has 0 unspecified atom stereocenters. The van der Waals surface area contributed by atoms with Crippen LogP contribution in [0.25, 0.3) is 16.8 Å². The van der Waals surface area contributed by atoms with E-state index in [2.05, 4.69) is 10.6 Å². The maximum absolute atomic E-state index is 12.4. The van der Waals surface area contributed by atoms with Crippen LogP contribution in [0.5, 0.6) is 0 Å². The van der Waals surface area contributed by atoms with Crippen LogP contribution in [0.1, 0.15) is 29.3 Å². The maximum atomic E-state index is 12.4. The summed E-state index contributed by atoms with van der Waals surface area (Å²) in [4.78, 5) is 24.6. The van der Waals surface area contributed by atoms with Gasteiger partial charge in [0.05, 0.1) is 11.3 Å². The molecule has 0 saturated heterocycles. The Morgan fingerprint density at radius 2 is 1.67 bits per heavy atom. The third-order valence-electron chi connectivity index (χ3n) is 4.20. The molecule has 3 rings (SSSR count). The molecule has 0 aliphatic carbocycles. The van der Waals surface area contributed by atoms with Crippen LogP contribution in [0, 0.1) is 0 Å². The number of benzene rings is 3. The monoisotopic (exact) mass is 358 g/mol. The van der Waals surface area contributed by atoms with Crippen molar-refractivity contribution in [2.75, 3.05) is 11.9 Å². The second kappa shape index (κ2) is 8.81. The van der Waals surface area contributed by atoms with E-state index in [1.54, 1.807) is 30.3 Å². The van der Waals surface area contributed by atoms with Crippen molar-refractivity contribution >= 4 is 34.4 Å². The minimum atomic E-state index is -0.279. The summed E-state index contributed by atoms with van der Waals surface area (Å²) < 4.78 is 0. The number of nitrogens with one attached hydrogen (secondary N) is 2. The molecule has 0 aliphatic rings. The smallest absolute Gasteiger partial charge is 0.253 e. The molecule has 2 N–H and O–H groups in total. The van der Waals surface area contributed by atoms with E-state index >= 15 is 0 Å². The SMILES string of the molecule is CCCNC(=O)c1ccccc1NC(=O)/C=C/c1cccc2ccccc12. The summed E-state index contributed by atoms with van der Waals surface area (Å²) >= 11 is 0. The van der Waals surface area contributed by atoms with Crippen molar-refractivity contribution in [2.24, 2.45) is 0 Å². The Hall–Kier alpha value is -3.40. The van der Waals surface area contributed by atoms with Crippen molar-refractivity contribution in [3.05, 3.63) is 83.9 Å². The van der Waals surface area contributed by atoms with Crippen LogP contribution in [-0.4, -0.2) is 18.4 Å². The van der Waals surface area contributed by atoms with Gasteiger partial charge >= 0.3 is 0 Å². The van der Waals surface area contributed by atoms with Crippen molar-refractivity contribution in [3.8, 4) is 0 Å². The molecule has 3 aromatic carbocycles. The molecule has 136 valence electrons. The van der Waals surface area contributed by atoms with Crippen molar-refractivity contribution in [2.45, 2.75) is 13.3 Å². The Kier molecular flexibility index (Phi) is 6.00. The first-order valence-electron chi connectivity index (χ1n) is 9.03. The van der Waals surface area contributed by atoms with Gasteiger partial charge in [-0.2, -0.15) is 0 Å². The Morgan fingerprint density at radius 1 is 0.926 bits per heavy atom. The summed E-state index contributed by atoms with van der Waals surface area (Å²) in [5.74, 6) is -0.468. The number of carbonyl (C=O) groups excluding carboxylic acids is 2. The number of hydrogen-bond acceptors (Lipinski definition) is 2. The van der Waals surface area contributed by atoms with E-state index in [1.165, 1.54) is 6.08 Å². The molecule has 0 fully saturated rings. The topological polar surface area (TPSA) is 58.2 Å². The zero-order valence-electron chi connectivity index (χ0n) is 15.2. The second-order valence-corrected chi connectivity index (χ2v) is 6.19. The highest BCUT2D eigenvalue weighted by Gasteiger charge is 2.11. The first-order chi connectivity index (χ1) is 13.2. The Morgan fingerprint density at radius 3 is 2.52 bits per heavy atom. The zero-order valence-corrected chi connectivity index (χ0v) is 15.2. The van der Waals surface area contributed by atoms with Crippen LogP contribution in [0.15, 0.2) is 72.8 Å². The van der Waals surface area contributed by atoms with Gasteiger partial charge < -0.3 is 10.6 Å². The summed E-state index contributed by atoms with van der Waals surface area (Å²) in [5, 5.41) is 7.84. The van der Waals surface area contributed by atoms with Crippen LogP contribution in [-0.2, 0) is 4.79 Å². The molecule has 4 nitrogen and oxygen atoms in total. The van der Waals surface area contributed by atoms with Gasteiger partial charge in [0.2, 0.25) is 5.91 Å².